The molecule has 0 bridgehead atoms. The van der Waals surface area contributed by atoms with Crippen LogP contribution in [-0.4, -0.2) is 46.7 Å². The molecule has 1 saturated carbocycles. The van der Waals surface area contributed by atoms with Crippen molar-refractivity contribution < 1.29 is 14.4 Å². The standard InChI is InChI=1S/C26H26N4O3S/c1-16-29-22(15-34-16)18-8-6-17(7-9-18)12-13-27-23(31)14-28-25(32)24-20-4-2-3-5-21(20)26(33)30(24)19-10-11-19/h2-9,15,19,24H,10-14H2,1H3,(H,27,31)(H,28,32). The van der Waals surface area contributed by atoms with Gasteiger partial charge in [0.15, 0.2) is 0 Å². The highest BCUT2D eigenvalue weighted by atomic mass is 32.1. The Morgan fingerprint density at radius 2 is 1.85 bits per heavy atom. The maximum Gasteiger partial charge on any atom is 0.255 e. The van der Waals surface area contributed by atoms with Crippen molar-refractivity contribution in [2.45, 2.75) is 38.3 Å². The van der Waals surface area contributed by atoms with Gasteiger partial charge in [0.05, 0.1) is 17.2 Å². The molecule has 1 aliphatic carbocycles. The molecule has 3 aromatic rings. The lowest BCUT2D eigenvalue weighted by Gasteiger charge is -2.24. The number of nitrogens with zero attached hydrogens (tertiary/aromatic N) is 2. The Morgan fingerprint density at radius 3 is 2.56 bits per heavy atom. The van der Waals surface area contributed by atoms with Crippen molar-refractivity contribution in [2.24, 2.45) is 0 Å². The molecular formula is C26H26N4O3S. The van der Waals surface area contributed by atoms with Crippen LogP contribution in [0.5, 0.6) is 0 Å². The summed E-state index contributed by atoms with van der Waals surface area (Å²) in [5, 5.41) is 8.66. The summed E-state index contributed by atoms with van der Waals surface area (Å²) in [7, 11) is 0. The van der Waals surface area contributed by atoms with Crippen molar-refractivity contribution in [3.8, 4) is 11.3 Å². The van der Waals surface area contributed by atoms with Crippen LogP contribution in [0.25, 0.3) is 11.3 Å². The third-order valence-electron chi connectivity index (χ3n) is 6.21. The number of amides is 3. The van der Waals surface area contributed by atoms with Crippen molar-refractivity contribution >= 4 is 29.1 Å². The average molecular weight is 475 g/mol. The van der Waals surface area contributed by atoms with Crippen LogP contribution in [0.3, 0.4) is 0 Å². The maximum atomic E-state index is 13.0. The molecule has 1 aliphatic heterocycles. The predicted octanol–water partition coefficient (Wildman–Crippen LogP) is 3.25. The Hall–Kier alpha value is -3.52. The number of nitrogens with one attached hydrogen (secondary N) is 2. The molecule has 174 valence electrons. The number of fused-ring (bicyclic) bond motifs is 1. The zero-order valence-electron chi connectivity index (χ0n) is 18.9. The van der Waals surface area contributed by atoms with Gasteiger partial charge < -0.3 is 15.5 Å². The SMILES string of the molecule is Cc1nc(-c2ccc(CCNC(=O)CNC(=O)C3c4ccccc4C(=O)N3C3CC3)cc2)cs1. The van der Waals surface area contributed by atoms with Crippen molar-refractivity contribution in [3.63, 3.8) is 0 Å². The Balaban J connectivity index is 1.11. The lowest BCUT2D eigenvalue weighted by atomic mass is 10.0. The van der Waals surface area contributed by atoms with E-state index in [4.69, 9.17) is 0 Å². The number of hydrogen-bond donors (Lipinski definition) is 2. The van der Waals surface area contributed by atoms with E-state index in [-0.39, 0.29) is 30.3 Å². The zero-order chi connectivity index (χ0) is 23.7. The van der Waals surface area contributed by atoms with Crippen LogP contribution in [0, 0.1) is 6.92 Å². The fourth-order valence-corrected chi connectivity index (χ4v) is 4.97. The molecule has 2 heterocycles. The van der Waals surface area contributed by atoms with Gasteiger partial charge in [0, 0.05) is 29.1 Å². The summed E-state index contributed by atoms with van der Waals surface area (Å²) >= 11 is 1.63. The van der Waals surface area contributed by atoms with E-state index in [0.717, 1.165) is 34.7 Å². The van der Waals surface area contributed by atoms with Crippen molar-refractivity contribution in [2.75, 3.05) is 13.1 Å². The minimum atomic E-state index is -0.663. The number of aromatic nitrogens is 1. The van der Waals surface area contributed by atoms with Crippen LogP contribution in [0.15, 0.2) is 53.9 Å². The van der Waals surface area contributed by atoms with E-state index in [0.29, 0.717) is 24.1 Å². The minimum absolute atomic E-state index is 0.0985. The molecule has 0 saturated heterocycles. The number of hydrogen-bond acceptors (Lipinski definition) is 5. The zero-order valence-corrected chi connectivity index (χ0v) is 19.7. The summed E-state index contributed by atoms with van der Waals surface area (Å²) in [6.45, 7) is 2.35. The average Bonchev–Trinajstić information content (AvgIpc) is 3.52. The summed E-state index contributed by atoms with van der Waals surface area (Å²) in [4.78, 5) is 44.2. The van der Waals surface area contributed by atoms with Gasteiger partial charge in [0.1, 0.15) is 6.04 Å². The molecule has 8 heteroatoms. The lowest BCUT2D eigenvalue weighted by Crippen LogP contribution is -2.44. The lowest BCUT2D eigenvalue weighted by molar-refractivity contribution is -0.129. The van der Waals surface area contributed by atoms with Crippen LogP contribution >= 0.6 is 11.3 Å². The normalized spacial score (nSPS) is 16.9. The fraction of sp³-hybridized carbons (Fsp3) is 0.308. The van der Waals surface area contributed by atoms with Crippen LogP contribution in [0.1, 0.15) is 45.4 Å². The Labute approximate surface area is 202 Å². The van der Waals surface area contributed by atoms with Gasteiger partial charge in [0.2, 0.25) is 11.8 Å². The summed E-state index contributed by atoms with van der Waals surface area (Å²) < 4.78 is 0. The van der Waals surface area contributed by atoms with Crippen molar-refractivity contribution in [1.82, 2.24) is 20.5 Å². The van der Waals surface area contributed by atoms with Crippen molar-refractivity contribution in [1.29, 1.82) is 0 Å². The largest absolute Gasteiger partial charge is 0.354 e. The summed E-state index contributed by atoms with van der Waals surface area (Å²) in [6.07, 6.45) is 2.51. The molecule has 2 aromatic carbocycles. The molecule has 0 spiro atoms. The van der Waals surface area contributed by atoms with Gasteiger partial charge in [-0.15, -0.1) is 11.3 Å². The Bertz CT molecular complexity index is 1230. The van der Waals surface area contributed by atoms with E-state index in [2.05, 4.69) is 15.6 Å². The molecule has 1 atom stereocenters. The van der Waals surface area contributed by atoms with Crippen LogP contribution in [0.2, 0.25) is 0 Å². The molecule has 7 nitrogen and oxygen atoms in total. The number of benzene rings is 2. The second-order valence-electron chi connectivity index (χ2n) is 8.70. The monoisotopic (exact) mass is 474 g/mol. The van der Waals surface area contributed by atoms with Gasteiger partial charge in [-0.3, -0.25) is 14.4 Å². The first-order valence-electron chi connectivity index (χ1n) is 11.5. The topological polar surface area (TPSA) is 91.4 Å². The highest BCUT2D eigenvalue weighted by molar-refractivity contribution is 7.09. The second-order valence-corrected chi connectivity index (χ2v) is 9.76. The molecule has 3 amide bonds. The second kappa shape index (κ2) is 9.38. The minimum Gasteiger partial charge on any atom is -0.354 e. The molecule has 0 radical (unpaired) electrons. The quantitative estimate of drug-likeness (QED) is 0.524. The Kier molecular flexibility index (Phi) is 6.15. The van der Waals surface area contributed by atoms with E-state index in [1.807, 2.05) is 54.8 Å². The van der Waals surface area contributed by atoms with Crippen molar-refractivity contribution in [3.05, 3.63) is 75.6 Å². The maximum absolute atomic E-state index is 13.0. The Morgan fingerprint density at radius 1 is 1.09 bits per heavy atom. The molecule has 1 fully saturated rings. The van der Waals surface area contributed by atoms with Crippen LogP contribution < -0.4 is 10.6 Å². The van der Waals surface area contributed by atoms with E-state index in [9.17, 15) is 14.4 Å². The van der Waals surface area contributed by atoms with E-state index >= 15 is 0 Å². The predicted molar refractivity (Wildman–Crippen MR) is 130 cm³/mol. The van der Waals surface area contributed by atoms with Gasteiger partial charge in [-0.1, -0.05) is 42.5 Å². The number of thiazole rings is 1. The third-order valence-corrected chi connectivity index (χ3v) is 6.99. The van der Waals surface area contributed by atoms with E-state index in [1.165, 1.54) is 0 Å². The van der Waals surface area contributed by atoms with E-state index < -0.39 is 6.04 Å². The molecule has 1 unspecified atom stereocenters. The van der Waals surface area contributed by atoms with Gasteiger partial charge in [-0.2, -0.15) is 0 Å². The number of aryl methyl sites for hydroxylation is 1. The summed E-state index contributed by atoms with van der Waals surface area (Å²) in [5.74, 6) is -0.662. The van der Waals surface area contributed by atoms with Gasteiger partial charge in [0.25, 0.3) is 5.91 Å². The highest BCUT2D eigenvalue weighted by Gasteiger charge is 2.47. The number of rotatable bonds is 8. The fourth-order valence-electron chi connectivity index (χ4n) is 4.34. The highest BCUT2D eigenvalue weighted by Crippen LogP contribution is 2.41. The first-order valence-corrected chi connectivity index (χ1v) is 12.4. The molecule has 1 aromatic heterocycles. The molecular weight excluding hydrogens is 448 g/mol. The van der Waals surface area contributed by atoms with Gasteiger partial charge in [-0.05, 0) is 43.4 Å². The summed E-state index contributed by atoms with van der Waals surface area (Å²) in [6, 6.07) is 14.8. The number of carbonyl (C=O) groups excluding carboxylic acids is 3. The van der Waals surface area contributed by atoms with Gasteiger partial charge >= 0.3 is 0 Å². The molecule has 5 rings (SSSR count). The third kappa shape index (κ3) is 4.59. The molecule has 2 aliphatic rings. The smallest absolute Gasteiger partial charge is 0.255 e. The van der Waals surface area contributed by atoms with E-state index in [1.54, 1.807) is 22.3 Å². The molecule has 2 N–H and O–H groups in total. The molecule has 34 heavy (non-hydrogen) atoms. The van der Waals surface area contributed by atoms with Gasteiger partial charge in [-0.25, -0.2) is 4.98 Å². The number of carbonyl (C=O) groups is 3. The van der Waals surface area contributed by atoms with Crippen LogP contribution in [0.4, 0.5) is 0 Å². The first-order chi connectivity index (χ1) is 16.5. The summed E-state index contributed by atoms with van der Waals surface area (Å²) in [5.41, 5.74) is 4.46. The first kappa shape index (κ1) is 22.3. The van der Waals surface area contributed by atoms with Crippen LogP contribution in [-0.2, 0) is 16.0 Å².